The number of ether oxygens (including phenoxy) is 3. The van der Waals surface area contributed by atoms with Gasteiger partial charge in [-0.3, -0.25) is 14.4 Å². The van der Waals surface area contributed by atoms with Crippen molar-refractivity contribution in [2.75, 3.05) is 13.7 Å². The smallest absolute Gasteiger partial charge is 0.302 e. The molecule has 1 heterocycles. The maximum Gasteiger partial charge on any atom is 0.302 e. The molecule has 21 heavy (non-hydrogen) atoms. The summed E-state index contributed by atoms with van der Waals surface area (Å²) in [5.74, 6) is -0.877. The van der Waals surface area contributed by atoms with Crippen molar-refractivity contribution in [2.24, 2.45) is 0 Å². The van der Waals surface area contributed by atoms with E-state index in [1.54, 1.807) is 0 Å². The minimum absolute atomic E-state index is 0.00688. The standard InChI is InChI=1S/C13H22N2O6/c1-7(16)14-10-5-11(15-8(2)17)13(19-4)21-12(10)6-20-9(3)18/h10-13H,5-6H2,1-4H3,(H,14,16)(H,15,17)/t10-,11-,12-,13-/m1/s1. The van der Waals surface area contributed by atoms with Crippen LogP contribution in [0, 0.1) is 0 Å². The van der Waals surface area contributed by atoms with Crippen molar-refractivity contribution in [3.05, 3.63) is 0 Å². The number of amides is 2. The SMILES string of the molecule is CO[C@@H]1O[C@H](COC(C)=O)[C@H](NC(C)=O)C[C@H]1NC(C)=O. The van der Waals surface area contributed by atoms with Crippen molar-refractivity contribution in [1.82, 2.24) is 10.6 Å². The summed E-state index contributed by atoms with van der Waals surface area (Å²) in [5.41, 5.74) is 0. The molecule has 0 radical (unpaired) electrons. The number of carbonyl (C=O) groups excluding carboxylic acids is 3. The Balaban J connectivity index is 2.78. The predicted molar refractivity (Wildman–Crippen MR) is 72.1 cm³/mol. The van der Waals surface area contributed by atoms with Crippen LogP contribution in [0.1, 0.15) is 27.2 Å². The zero-order valence-corrected chi connectivity index (χ0v) is 12.7. The van der Waals surface area contributed by atoms with Crippen LogP contribution in [0.5, 0.6) is 0 Å². The van der Waals surface area contributed by atoms with Gasteiger partial charge in [-0.05, 0) is 6.42 Å². The van der Waals surface area contributed by atoms with Gasteiger partial charge in [-0.25, -0.2) is 0 Å². The first kappa shape index (κ1) is 17.4. The largest absolute Gasteiger partial charge is 0.463 e. The average molecular weight is 302 g/mol. The quantitative estimate of drug-likeness (QED) is 0.652. The van der Waals surface area contributed by atoms with Gasteiger partial charge in [0.25, 0.3) is 0 Å². The van der Waals surface area contributed by atoms with E-state index in [4.69, 9.17) is 14.2 Å². The Morgan fingerprint density at radius 2 is 1.67 bits per heavy atom. The van der Waals surface area contributed by atoms with Gasteiger partial charge in [0.15, 0.2) is 6.29 Å². The van der Waals surface area contributed by atoms with Crippen LogP contribution in [0.25, 0.3) is 0 Å². The van der Waals surface area contributed by atoms with Crippen LogP contribution in [0.15, 0.2) is 0 Å². The van der Waals surface area contributed by atoms with Crippen molar-refractivity contribution in [3.63, 3.8) is 0 Å². The molecule has 0 bridgehead atoms. The molecule has 2 N–H and O–H groups in total. The molecule has 8 nitrogen and oxygen atoms in total. The van der Waals surface area contributed by atoms with Gasteiger partial charge in [-0.2, -0.15) is 0 Å². The van der Waals surface area contributed by atoms with E-state index in [2.05, 4.69) is 10.6 Å². The number of esters is 1. The van der Waals surface area contributed by atoms with Gasteiger partial charge in [0, 0.05) is 27.9 Å². The molecule has 0 unspecified atom stereocenters. The molecule has 120 valence electrons. The Labute approximate surface area is 123 Å². The Hall–Kier alpha value is -1.67. The number of nitrogens with one attached hydrogen (secondary N) is 2. The predicted octanol–water partition coefficient (Wildman–Crippen LogP) is -0.680. The molecule has 0 aliphatic carbocycles. The van der Waals surface area contributed by atoms with Gasteiger partial charge >= 0.3 is 5.97 Å². The molecule has 8 heteroatoms. The van der Waals surface area contributed by atoms with Crippen LogP contribution >= 0.6 is 0 Å². The lowest BCUT2D eigenvalue weighted by Gasteiger charge is -2.40. The number of hydrogen-bond acceptors (Lipinski definition) is 6. The second-order valence-corrected chi connectivity index (χ2v) is 4.93. The van der Waals surface area contributed by atoms with Crippen LogP contribution < -0.4 is 10.6 Å². The number of methoxy groups -OCH3 is 1. The molecule has 2 amide bonds. The maximum absolute atomic E-state index is 11.3. The molecular weight excluding hydrogens is 280 g/mol. The molecular formula is C13H22N2O6. The summed E-state index contributed by atoms with van der Waals surface area (Å²) in [6, 6.07) is -0.775. The topological polar surface area (TPSA) is 103 Å². The van der Waals surface area contributed by atoms with Crippen molar-refractivity contribution in [1.29, 1.82) is 0 Å². The van der Waals surface area contributed by atoms with Gasteiger partial charge in [0.05, 0.1) is 12.1 Å². The van der Waals surface area contributed by atoms with Crippen LogP contribution in [-0.4, -0.2) is 56.0 Å². The van der Waals surface area contributed by atoms with Crippen LogP contribution in [0.2, 0.25) is 0 Å². The summed E-state index contributed by atoms with van der Waals surface area (Å²) in [7, 11) is 1.46. The Kier molecular flexibility index (Phi) is 6.57. The van der Waals surface area contributed by atoms with E-state index < -0.39 is 24.4 Å². The van der Waals surface area contributed by atoms with Crippen molar-refractivity contribution in [3.8, 4) is 0 Å². The Morgan fingerprint density at radius 3 is 2.14 bits per heavy atom. The number of rotatable bonds is 5. The highest BCUT2D eigenvalue weighted by molar-refractivity contribution is 5.74. The fourth-order valence-electron chi connectivity index (χ4n) is 2.27. The fourth-order valence-corrected chi connectivity index (χ4v) is 2.27. The summed E-state index contributed by atoms with van der Waals surface area (Å²) in [6.07, 6.45) is -0.781. The number of hydrogen-bond donors (Lipinski definition) is 2. The zero-order chi connectivity index (χ0) is 16.0. The molecule has 1 rings (SSSR count). The second kappa shape index (κ2) is 7.94. The zero-order valence-electron chi connectivity index (χ0n) is 12.7. The summed E-state index contributed by atoms with van der Waals surface area (Å²) >= 11 is 0. The first-order valence-electron chi connectivity index (χ1n) is 6.69. The van der Waals surface area contributed by atoms with Crippen LogP contribution in [-0.2, 0) is 28.6 Å². The highest BCUT2D eigenvalue weighted by Crippen LogP contribution is 2.21. The minimum atomic E-state index is -0.667. The molecule has 1 aliphatic heterocycles. The molecule has 0 aromatic heterocycles. The van der Waals surface area contributed by atoms with E-state index in [9.17, 15) is 14.4 Å². The lowest BCUT2D eigenvalue weighted by molar-refractivity contribution is -0.214. The van der Waals surface area contributed by atoms with Crippen molar-refractivity contribution >= 4 is 17.8 Å². The third-order valence-electron chi connectivity index (χ3n) is 3.05. The Morgan fingerprint density at radius 1 is 1.10 bits per heavy atom. The molecule has 0 aromatic rings. The minimum Gasteiger partial charge on any atom is -0.463 e. The van der Waals surface area contributed by atoms with Gasteiger partial charge in [0.2, 0.25) is 11.8 Å². The van der Waals surface area contributed by atoms with Gasteiger partial charge in [-0.1, -0.05) is 0 Å². The van der Waals surface area contributed by atoms with Gasteiger partial charge < -0.3 is 24.8 Å². The highest BCUT2D eigenvalue weighted by atomic mass is 16.7. The summed E-state index contributed by atoms with van der Waals surface area (Å²) in [6.45, 7) is 4.08. The van der Waals surface area contributed by atoms with E-state index in [1.165, 1.54) is 27.9 Å². The summed E-state index contributed by atoms with van der Waals surface area (Å²) in [4.78, 5) is 33.4. The summed E-state index contributed by atoms with van der Waals surface area (Å²) in [5, 5.41) is 5.46. The Bertz CT molecular complexity index is 400. The van der Waals surface area contributed by atoms with Crippen LogP contribution in [0.3, 0.4) is 0 Å². The fraction of sp³-hybridized carbons (Fsp3) is 0.769. The molecule has 1 aliphatic rings. The molecule has 0 aromatic carbocycles. The van der Waals surface area contributed by atoms with E-state index in [1.807, 2.05) is 0 Å². The first-order chi connectivity index (χ1) is 9.83. The second-order valence-electron chi connectivity index (χ2n) is 4.93. The third-order valence-corrected chi connectivity index (χ3v) is 3.05. The van der Waals surface area contributed by atoms with Crippen molar-refractivity contribution < 1.29 is 28.6 Å². The van der Waals surface area contributed by atoms with Crippen LogP contribution in [0.4, 0.5) is 0 Å². The lowest BCUT2D eigenvalue weighted by atomic mass is 9.97. The third kappa shape index (κ3) is 5.68. The number of carbonyl (C=O) groups is 3. The molecule has 0 spiro atoms. The van der Waals surface area contributed by atoms with E-state index in [0.717, 1.165) is 0 Å². The average Bonchev–Trinajstić information content (AvgIpc) is 2.36. The lowest BCUT2D eigenvalue weighted by Crippen LogP contribution is -2.60. The van der Waals surface area contributed by atoms with E-state index >= 15 is 0 Å². The monoisotopic (exact) mass is 302 g/mol. The molecule has 1 fully saturated rings. The maximum atomic E-state index is 11.3. The van der Waals surface area contributed by atoms with Gasteiger partial charge in [-0.15, -0.1) is 0 Å². The molecule has 4 atom stereocenters. The normalized spacial score (nSPS) is 28.6. The van der Waals surface area contributed by atoms with E-state index in [-0.39, 0.29) is 24.5 Å². The molecule has 0 saturated carbocycles. The van der Waals surface area contributed by atoms with Gasteiger partial charge in [0.1, 0.15) is 12.7 Å². The van der Waals surface area contributed by atoms with Crippen molar-refractivity contribution in [2.45, 2.75) is 51.7 Å². The summed E-state index contributed by atoms with van der Waals surface area (Å²) < 4.78 is 15.8. The molecule has 1 saturated heterocycles. The van der Waals surface area contributed by atoms with E-state index in [0.29, 0.717) is 6.42 Å². The highest BCUT2D eigenvalue weighted by Gasteiger charge is 2.39. The first-order valence-corrected chi connectivity index (χ1v) is 6.69.